The molecule has 0 bridgehead atoms. The van der Waals surface area contributed by atoms with E-state index >= 15 is 0 Å². The summed E-state index contributed by atoms with van der Waals surface area (Å²) in [6.07, 6.45) is 3.35. The maximum atomic E-state index is 13.0. The topological polar surface area (TPSA) is 73.1 Å². The van der Waals surface area contributed by atoms with Crippen LogP contribution in [0.25, 0.3) is 10.9 Å². The van der Waals surface area contributed by atoms with E-state index in [0.717, 1.165) is 18.4 Å². The van der Waals surface area contributed by atoms with Gasteiger partial charge in [-0.25, -0.2) is 4.79 Å². The van der Waals surface area contributed by atoms with Crippen LogP contribution in [0, 0.1) is 5.92 Å². The van der Waals surface area contributed by atoms with Gasteiger partial charge in [0.15, 0.2) is 0 Å². The predicted molar refractivity (Wildman–Crippen MR) is 113 cm³/mol. The molecule has 1 aromatic heterocycles. The van der Waals surface area contributed by atoms with Crippen molar-refractivity contribution in [2.24, 2.45) is 5.92 Å². The molecule has 1 N–H and O–H groups in total. The van der Waals surface area contributed by atoms with Crippen molar-refractivity contribution in [3.63, 3.8) is 0 Å². The van der Waals surface area contributed by atoms with E-state index in [-0.39, 0.29) is 30.6 Å². The van der Waals surface area contributed by atoms with Crippen molar-refractivity contribution < 1.29 is 4.79 Å². The molecule has 1 atom stereocenters. The Morgan fingerprint density at radius 1 is 1.03 bits per heavy atom. The summed E-state index contributed by atoms with van der Waals surface area (Å²) in [5.74, 6) is 0.193. The Hall–Kier alpha value is -3.15. The lowest BCUT2D eigenvalue weighted by atomic mass is 9.77. The van der Waals surface area contributed by atoms with E-state index in [1.54, 1.807) is 31.2 Å². The summed E-state index contributed by atoms with van der Waals surface area (Å²) in [6.45, 7) is 1.90. The third-order valence-corrected chi connectivity index (χ3v) is 5.85. The van der Waals surface area contributed by atoms with E-state index in [2.05, 4.69) is 5.32 Å². The Balaban J connectivity index is 1.67. The number of hydrogen-bond acceptors (Lipinski definition) is 3. The number of amides is 1. The Labute approximate surface area is 168 Å². The summed E-state index contributed by atoms with van der Waals surface area (Å²) >= 11 is 0. The van der Waals surface area contributed by atoms with Gasteiger partial charge in [0.1, 0.15) is 6.54 Å². The summed E-state index contributed by atoms with van der Waals surface area (Å²) in [5.41, 5.74) is 0.802. The number of carbonyl (C=O) groups excluding carboxylic acids is 1. The number of fused-ring (bicyclic) bond motifs is 1. The predicted octanol–water partition coefficient (Wildman–Crippen LogP) is 2.84. The van der Waals surface area contributed by atoms with Gasteiger partial charge >= 0.3 is 5.69 Å². The second-order valence-corrected chi connectivity index (χ2v) is 7.58. The summed E-state index contributed by atoms with van der Waals surface area (Å²) in [7, 11) is 0. The fourth-order valence-corrected chi connectivity index (χ4v) is 4.07. The fourth-order valence-electron chi connectivity index (χ4n) is 4.07. The van der Waals surface area contributed by atoms with Crippen molar-refractivity contribution in [1.82, 2.24) is 14.5 Å². The second-order valence-electron chi connectivity index (χ2n) is 7.58. The molecular formula is C23H25N3O3. The Morgan fingerprint density at radius 2 is 1.72 bits per heavy atom. The molecule has 0 spiro atoms. The van der Waals surface area contributed by atoms with Gasteiger partial charge in [-0.3, -0.25) is 18.7 Å². The van der Waals surface area contributed by atoms with Crippen LogP contribution in [0.3, 0.4) is 0 Å². The monoisotopic (exact) mass is 391 g/mol. The average molecular weight is 391 g/mol. The van der Waals surface area contributed by atoms with Gasteiger partial charge < -0.3 is 5.32 Å². The van der Waals surface area contributed by atoms with Crippen LogP contribution in [0.5, 0.6) is 0 Å². The van der Waals surface area contributed by atoms with Crippen LogP contribution in [0.1, 0.15) is 37.8 Å². The Bertz CT molecular complexity index is 1140. The van der Waals surface area contributed by atoms with E-state index in [1.807, 2.05) is 30.3 Å². The molecule has 1 heterocycles. The molecule has 1 saturated carbocycles. The van der Waals surface area contributed by atoms with Crippen LogP contribution < -0.4 is 16.6 Å². The van der Waals surface area contributed by atoms with Crippen molar-refractivity contribution in [3.05, 3.63) is 81.0 Å². The standard InChI is InChI=1S/C23H25N3O3/c1-2-25-22(28)18-13-6-7-14-19(18)26(23(25)29)15-20(27)24-21(17-11-8-12-17)16-9-4-3-5-10-16/h3-7,9-10,13-14,17,21H,2,8,11-12,15H2,1H3,(H,24,27). The summed E-state index contributed by atoms with van der Waals surface area (Å²) in [5, 5.41) is 3.59. The molecule has 6 heteroatoms. The van der Waals surface area contributed by atoms with Gasteiger partial charge in [-0.15, -0.1) is 0 Å². The first-order chi connectivity index (χ1) is 14.1. The highest BCUT2D eigenvalue weighted by Crippen LogP contribution is 2.37. The molecule has 1 unspecified atom stereocenters. The lowest BCUT2D eigenvalue weighted by Crippen LogP contribution is -2.44. The van der Waals surface area contributed by atoms with Crippen molar-refractivity contribution in [2.75, 3.05) is 0 Å². The van der Waals surface area contributed by atoms with Gasteiger partial charge in [-0.2, -0.15) is 0 Å². The minimum Gasteiger partial charge on any atom is -0.347 e. The van der Waals surface area contributed by atoms with Crippen molar-refractivity contribution >= 4 is 16.8 Å². The van der Waals surface area contributed by atoms with Crippen molar-refractivity contribution in [2.45, 2.75) is 45.3 Å². The van der Waals surface area contributed by atoms with Crippen molar-refractivity contribution in [1.29, 1.82) is 0 Å². The molecule has 1 fully saturated rings. The molecule has 3 aromatic rings. The zero-order valence-corrected chi connectivity index (χ0v) is 16.5. The summed E-state index contributed by atoms with van der Waals surface area (Å²) in [6, 6.07) is 16.9. The molecule has 1 aliphatic rings. The van der Waals surface area contributed by atoms with Crippen LogP contribution in [0.15, 0.2) is 64.2 Å². The first-order valence-corrected chi connectivity index (χ1v) is 10.2. The maximum Gasteiger partial charge on any atom is 0.331 e. The highest BCUT2D eigenvalue weighted by atomic mass is 16.2. The minimum absolute atomic E-state index is 0.0588. The number of benzene rings is 2. The van der Waals surface area contributed by atoms with E-state index in [9.17, 15) is 14.4 Å². The molecule has 1 amide bonds. The lowest BCUT2D eigenvalue weighted by molar-refractivity contribution is -0.123. The molecule has 29 heavy (non-hydrogen) atoms. The molecule has 4 rings (SSSR count). The maximum absolute atomic E-state index is 13.0. The average Bonchev–Trinajstić information content (AvgIpc) is 2.70. The Kier molecular flexibility index (Phi) is 5.34. The SMILES string of the molecule is CCn1c(=O)c2ccccc2n(CC(=O)NC(c2ccccc2)C2CCC2)c1=O. The Morgan fingerprint density at radius 3 is 2.38 bits per heavy atom. The van der Waals surface area contributed by atoms with E-state index in [1.165, 1.54) is 15.6 Å². The van der Waals surface area contributed by atoms with Gasteiger partial charge in [-0.1, -0.05) is 48.9 Å². The number of rotatable bonds is 6. The minimum atomic E-state index is -0.453. The largest absolute Gasteiger partial charge is 0.347 e. The number of para-hydroxylation sites is 1. The van der Waals surface area contributed by atoms with E-state index in [0.29, 0.717) is 16.8 Å². The number of nitrogens with zero attached hydrogens (tertiary/aromatic N) is 2. The molecule has 2 aromatic carbocycles. The third kappa shape index (κ3) is 3.62. The summed E-state index contributed by atoms with van der Waals surface area (Å²) < 4.78 is 2.58. The summed E-state index contributed by atoms with van der Waals surface area (Å²) in [4.78, 5) is 38.4. The first kappa shape index (κ1) is 19.2. The molecule has 0 saturated heterocycles. The van der Waals surface area contributed by atoms with E-state index < -0.39 is 5.69 Å². The van der Waals surface area contributed by atoms with Gasteiger partial charge in [-0.05, 0) is 43.4 Å². The van der Waals surface area contributed by atoms with Crippen LogP contribution in [-0.4, -0.2) is 15.0 Å². The van der Waals surface area contributed by atoms with Gasteiger partial charge in [0.25, 0.3) is 5.56 Å². The quantitative estimate of drug-likeness (QED) is 0.702. The number of carbonyl (C=O) groups is 1. The van der Waals surface area contributed by atoms with Gasteiger partial charge in [0.2, 0.25) is 5.91 Å². The van der Waals surface area contributed by atoms with Crippen LogP contribution >= 0.6 is 0 Å². The zero-order valence-electron chi connectivity index (χ0n) is 16.5. The van der Waals surface area contributed by atoms with E-state index in [4.69, 9.17) is 0 Å². The van der Waals surface area contributed by atoms with Gasteiger partial charge in [0, 0.05) is 6.54 Å². The van der Waals surface area contributed by atoms with Crippen LogP contribution in [-0.2, 0) is 17.9 Å². The van der Waals surface area contributed by atoms with Crippen molar-refractivity contribution in [3.8, 4) is 0 Å². The molecular weight excluding hydrogens is 366 g/mol. The van der Waals surface area contributed by atoms with Gasteiger partial charge in [0.05, 0.1) is 16.9 Å². The molecule has 0 aliphatic heterocycles. The number of aromatic nitrogens is 2. The number of hydrogen-bond donors (Lipinski definition) is 1. The van der Waals surface area contributed by atoms with Crippen LogP contribution in [0.4, 0.5) is 0 Å². The zero-order chi connectivity index (χ0) is 20.4. The third-order valence-electron chi connectivity index (χ3n) is 5.85. The smallest absolute Gasteiger partial charge is 0.331 e. The molecule has 1 aliphatic carbocycles. The number of nitrogens with one attached hydrogen (secondary N) is 1. The molecule has 6 nitrogen and oxygen atoms in total. The lowest BCUT2D eigenvalue weighted by Gasteiger charge is -2.34. The molecule has 150 valence electrons. The highest BCUT2D eigenvalue weighted by Gasteiger charge is 2.30. The highest BCUT2D eigenvalue weighted by molar-refractivity contribution is 5.81. The van der Waals surface area contributed by atoms with Crippen LogP contribution in [0.2, 0.25) is 0 Å². The molecule has 0 radical (unpaired) electrons. The second kappa shape index (κ2) is 8.07. The first-order valence-electron chi connectivity index (χ1n) is 10.2. The fraction of sp³-hybridized carbons (Fsp3) is 0.348. The normalized spacial score (nSPS) is 15.1.